The number of nitrogens with zero attached hydrogens (tertiary/aromatic N) is 1. The van der Waals surface area contributed by atoms with Crippen LogP contribution in [0.1, 0.15) is 13.8 Å². The maximum absolute atomic E-state index is 12.6. The Hall–Kier alpha value is -2.66. The summed E-state index contributed by atoms with van der Waals surface area (Å²) in [6.07, 6.45) is 0. The zero-order valence-electron chi connectivity index (χ0n) is 15.1. The minimum atomic E-state index is -3.94. The molecule has 1 aliphatic heterocycles. The van der Waals surface area contributed by atoms with Crippen LogP contribution in [-0.2, 0) is 19.4 Å². The predicted octanol–water partition coefficient (Wildman–Crippen LogP) is -0.0791. The largest absolute Gasteiger partial charge is 0.497 e. The van der Waals surface area contributed by atoms with Crippen molar-refractivity contribution in [2.75, 3.05) is 19.4 Å². The zero-order valence-corrected chi connectivity index (χ0v) is 15.9. The van der Waals surface area contributed by atoms with Gasteiger partial charge in [-0.2, -0.15) is 0 Å². The summed E-state index contributed by atoms with van der Waals surface area (Å²) >= 11 is 0. The standard InChI is InChI=1S/C16H21N3O7S/c1-16(2)14(21)19(15(22)17-16)8-10(13(20)18-23)9-27(24,25)12-6-4-11(26-3)5-7-12/h4-7,10,23H,8-9H2,1-3H3,(H,17,22)(H,18,20). The number of carbonyl (C=O) groups is 3. The molecule has 1 aromatic carbocycles. The Morgan fingerprint density at radius 3 is 2.33 bits per heavy atom. The van der Waals surface area contributed by atoms with E-state index in [0.717, 1.165) is 4.90 Å². The molecule has 1 aromatic rings. The summed E-state index contributed by atoms with van der Waals surface area (Å²) in [5, 5.41) is 11.4. The average molecular weight is 399 g/mol. The van der Waals surface area contributed by atoms with Crippen molar-refractivity contribution in [3.05, 3.63) is 24.3 Å². The third-order valence-electron chi connectivity index (χ3n) is 4.17. The lowest BCUT2D eigenvalue weighted by Crippen LogP contribution is -2.45. The lowest BCUT2D eigenvalue weighted by molar-refractivity contribution is -0.135. The SMILES string of the molecule is COc1ccc(S(=O)(=O)CC(CN2C(=O)NC(C)(C)C2=O)C(=O)NO)cc1. The number of hydroxylamine groups is 1. The minimum Gasteiger partial charge on any atom is -0.497 e. The number of rotatable bonds is 7. The molecule has 27 heavy (non-hydrogen) atoms. The fraction of sp³-hybridized carbons (Fsp3) is 0.438. The second-order valence-electron chi connectivity index (χ2n) is 6.60. The van der Waals surface area contributed by atoms with Crippen LogP contribution in [0.3, 0.4) is 0 Å². The fourth-order valence-corrected chi connectivity index (χ4v) is 4.18. The third kappa shape index (κ3) is 4.37. The van der Waals surface area contributed by atoms with Gasteiger partial charge in [-0.1, -0.05) is 0 Å². The summed E-state index contributed by atoms with van der Waals surface area (Å²) in [6.45, 7) is 2.49. The van der Waals surface area contributed by atoms with Gasteiger partial charge in [0.1, 0.15) is 11.3 Å². The molecule has 10 nitrogen and oxygen atoms in total. The van der Waals surface area contributed by atoms with Crippen molar-refractivity contribution in [3.8, 4) is 5.75 Å². The Balaban J connectivity index is 2.25. The lowest BCUT2D eigenvalue weighted by Gasteiger charge is -2.21. The molecule has 0 aliphatic carbocycles. The maximum Gasteiger partial charge on any atom is 0.325 e. The van der Waals surface area contributed by atoms with Crippen LogP contribution in [0.25, 0.3) is 0 Å². The first-order valence-electron chi connectivity index (χ1n) is 7.96. The van der Waals surface area contributed by atoms with E-state index in [9.17, 15) is 22.8 Å². The van der Waals surface area contributed by atoms with Crippen molar-refractivity contribution in [1.82, 2.24) is 15.7 Å². The monoisotopic (exact) mass is 399 g/mol. The second kappa shape index (κ2) is 7.53. The van der Waals surface area contributed by atoms with Gasteiger partial charge in [-0.3, -0.25) is 19.7 Å². The van der Waals surface area contributed by atoms with Gasteiger partial charge >= 0.3 is 6.03 Å². The number of hydrogen-bond donors (Lipinski definition) is 3. The first kappa shape index (κ1) is 20.6. The van der Waals surface area contributed by atoms with Crippen molar-refractivity contribution >= 4 is 27.7 Å². The number of hydrogen-bond acceptors (Lipinski definition) is 7. The number of methoxy groups -OCH3 is 1. The highest BCUT2D eigenvalue weighted by molar-refractivity contribution is 7.91. The lowest BCUT2D eigenvalue weighted by atomic mass is 10.1. The number of imide groups is 1. The summed E-state index contributed by atoms with van der Waals surface area (Å²) < 4.78 is 30.2. The van der Waals surface area contributed by atoms with E-state index in [1.807, 2.05) is 0 Å². The van der Waals surface area contributed by atoms with Gasteiger partial charge in [0.2, 0.25) is 5.91 Å². The summed E-state index contributed by atoms with van der Waals surface area (Å²) in [7, 11) is -2.51. The van der Waals surface area contributed by atoms with Gasteiger partial charge in [0, 0.05) is 6.54 Å². The Labute approximate surface area is 156 Å². The van der Waals surface area contributed by atoms with Crippen LogP contribution in [-0.4, -0.2) is 61.3 Å². The van der Waals surface area contributed by atoms with Gasteiger partial charge in [-0.15, -0.1) is 0 Å². The molecule has 1 heterocycles. The van der Waals surface area contributed by atoms with E-state index in [1.165, 1.54) is 50.7 Å². The van der Waals surface area contributed by atoms with E-state index in [4.69, 9.17) is 9.94 Å². The molecule has 0 bridgehead atoms. The van der Waals surface area contributed by atoms with Crippen LogP contribution >= 0.6 is 0 Å². The summed E-state index contributed by atoms with van der Waals surface area (Å²) in [5.74, 6) is -3.21. The molecule has 1 aliphatic rings. The number of carbonyl (C=O) groups excluding carboxylic acids is 3. The van der Waals surface area contributed by atoms with Crippen molar-refractivity contribution in [1.29, 1.82) is 0 Å². The number of sulfone groups is 1. The number of urea groups is 1. The number of nitrogens with one attached hydrogen (secondary N) is 2. The molecular weight excluding hydrogens is 378 g/mol. The molecule has 1 atom stereocenters. The van der Waals surface area contributed by atoms with Crippen LogP contribution in [0.2, 0.25) is 0 Å². The normalized spacial score (nSPS) is 17.4. The molecule has 0 radical (unpaired) electrons. The van der Waals surface area contributed by atoms with Gasteiger partial charge in [0.05, 0.1) is 23.7 Å². The smallest absolute Gasteiger partial charge is 0.325 e. The highest BCUT2D eigenvalue weighted by atomic mass is 32.2. The van der Waals surface area contributed by atoms with E-state index >= 15 is 0 Å². The maximum atomic E-state index is 12.6. The molecule has 1 saturated heterocycles. The van der Waals surface area contributed by atoms with Crippen molar-refractivity contribution in [3.63, 3.8) is 0 Å². The molecule has 2 rings (SSSR count). The molecule has 1 unspecified atom stereocenters. The highest BCUT2D eigenvalue weighted by Crippen LogP contribution is 2.22. The predicted molar refractivity (Wildman–Crippen MR) is 92.8 cm³/mol. The summed E-state index contributed by atoms with van der Waals surface area (Å²) in [6, 6.07) is 4.81. The Bertz CT molecular complexity index is 849. The molecule has 1 fully saturated rings. The van der Waals surface area contributed by atoms with E-state index in [-0.39, 0.29) is 4.90 Å². The number of benzene rings is 1. The first-order valence-corrected chi connectivity index (χ1v) is 9.62. The molecule has 0 aromatic heterocycles. The van der Waals surface area contributed by atoms with Crippen LogP contribution < -0.4 is 15.5 Å². The molecule has 0 saturated carbocycles. The number of ether oxygens (including phenoxy) is 1. The van der Waals surface area contributed by atoms with Crippen LogP contribution in [0.4, 0.5) is 4.79 Å². The molecule has 4 amide bonds. The Morgan fingerprint density at radius 1 is 1.30 bits per heavy atom. The van der Waals surface area contributed by atoms with Gasteiger partial charge < -0.3 is 10.1 Å². The van der Waals surface area contributed by atoms with Gasteiger partial charge in [-0.25, -0.2) is 18.7 Å². The zero-order chi connectivity index (χ0) is 20.4. The Kier molecular flexibility index (Phi) is 5.76. The summed E-state index contributed by atoms with van der Waals surface area (Å²) in [4.78, 5) is 36.9. The molecule has 3 N–H and O–H groups in total. The van der Waals surface area contributed by atoms with E-state index < -0.39 is 51.4 Å². The van der Waals surface area contributed by atoms with Gasteiger partial charge in [-0.05, 0) is 38.1 Å². The highest BCUT2D eigenvalue weighted by Gasteiger charge is 2.46. The topological polar surface area (TPSA) is 142 Å². The van der Waals surface area contributed by atoms with Crippen molar-refractivity contribution < 1.29 is 32.7 Å². The average Bonchev–Trinajstić information content (AvgIpc) is 2.81. The first-order chi connectivity index (χ1) is 12.5. The quantitative estimate of drug-likeness (QED) is 0.331. The second-order valence-corrected chi connectivity index (χ2v) is 8.64. The molecule has 148 valence electrons. The van der Waals surface area contributed by atoms with Crippen LogP contribution in [0, 0.1) is 5.92 Å². The summed E-state index contributed by atoms with van der Waals surface area (Å²) in [5.41, 5.74) is 0.228. The molecule has 0 spiro atoms. The minimum absolute atomic E-state index is 0.0587. The van der Waals surface area contributed by atoms with Crippen LogP contribution in [0.15, 0.2) is 29.2 Å². The van der Waals surface area contributed by atoms with Gasteiger partial charge in [0.15, 0.2) is 9.84 Å². The third-order valence-corrected chi connectivity index (χ3v) is 6.00. The fourth-order valence-electron chi connectivity index (χ4n) is 2.65. The number of amides is 4. The van der Waals surface area contributed by atoms with E-state index in [0.29, 0.717) is 5.75 Å². The van der Waals surface area contributed by atoms with Crippen LogP contribution in [0.5, 0.6) is 5.75 Å². The van der Waals surface area contributed by atoms with E-state index in [2.05, 4.69) is 5.32 Å². The molecular formula is C16H21N3O7S. The van der Waals surface area contributed by atoms with E-state index in [1.54, 1.807) is 0 Å². The van der Waals surface area contributed by atoms with Gasteiger partial charge in [0.25, 0.3) is 5.91 Å². The van der Waals surface area contributed by atoms with Crippen molar-refractivity contribution in [2.24, 2.45) is 5.92 Å². The Morgan fingerprint density at radius 2 is 1.89 bits per heavy atom. The molecule has 11 heteroatoms. The van der Waals surface area contributed by atoms with Crippen molar-refractivity contribution in [2.45, 2.75) is 24.3 Å².